The van der Waals surface area contributed by atoms with E-state index in [0.717, 1.165) is 27.7 Å². The second-order valence-electron chi connectivity index (χ2n) is 5.61. The maximum atomic E-state index is 13.1. The fourth-order valence-corrected chi connectivity index (χ4v) is 2.54. The summed E-state index contributed by atoms with van der Waals surface area (Å²) in [5.41, 5.74) is 4.32. The van der Waals surface area contributed by atoms with E-state index < -0.39 is 0 Å². The molecule has 0 saturated carbocycles. The maximum absolute atomic E-state index is 13.1. The van der Waals surface area contributed by atoms with Gasteiger partial charge in [0, 0.05) is 10.9 Å². The Kier molecular flexibility index (Phi) is 3.60. The number of nitrogens with zero attached hydrogens (tertiary/aromatic N) is 2. The number of aromatic nitrogens is 1. The van der Waals surface area contributed by atoms with Crippen molar-refractivity contribution in [2.24, 2.45) is 0 Å². The third-order valence-electron chi connectivity index (χ3n) is 3.71. The first-order valence-electron chi connectivity index (χ1n) is 7.19. The van der Waals surface area contributed by atoms with Crippen LogP contribution in [0.3, 0.4) is 0 Å². The Morgan fingerprint density at radius 3 is 2.41 bits per heavy atom. The molecule has 3 heteroatoms. The molecule has 3 rings (SSSR count). The van der Waals surface area contributed by atoms with Crippen molar-refractivity contribution in [3.05, 3.63) is 65.5 Å². The number of fused-ring (bicyclic) bond motifs is 1. The molecule has 0 amide bonds. The summed E-state index contributed by atoms with van der Waals surface area (Å²) in [6.07, 6.45) is 0. The second kappa shape index (κ2) is 5.57. The molecule has 2 aromatic carbocycles. The summed E-state index contributed by atoms with van der Waals surface area (Å²) in [4.78, 5) is 4.74. The van der Waals surface area contributed by atoms with Gasteiger partial charge in [0.05, 0.1) is 22.8 Å². The molecule has 0 aliphatic carbocycles. The van der Waals surface area contributed by atoms with Gasteiger partial charge in [-0.15, -0.1) is 0 Å². The average molecular weight is 290 g/mol. The molecule has 0 fully saturated rings. The summed E-state index contributed by atoms with van der Waals surface area (Å²) in [7, 11) is 0. The van der Waals surface area contributed by atoms with E-state index in [-0.39, 0.29) is 11.7 Å². The fraction of sp³-hybridized carbons (Fsp3) is 0.158. The lowest BCUT2D eigenvalue weighted by Gasteiger charge is -2.14. The number of hydrogen-bond acceptors (Lipinski definition) is 2. The highest BCUT2D eigenvalue weighted by Crippen LogP contribution is 2.31. The third-order valence-corrected chi connectivity index (χ3v) is 3.71. The summed E-state index contributed by atoms with van der Waals surface area (Å²) >= 11 is 0. The molecule has 0 unspecified atom stereocenters. The molecule has 0 radical (unpaired) electrons. The molecular formula is C19H15FN2. The first kappa shape index (κ1) is 14.2. The highest BCUT2D eigenvalue weighted by Gasteiger charge is 2.12. The number of rotatable bonds is 2. The summed E-state index contributed by atoms with van der Waals surface area (Å²) in [5, 5.41) is 9.98. The molecule has 0 spiro atoms. The normalized spacial score (nSPS) is 10.9. The van der Waals surface area contributed by atoms with Crippen LogP contribution in [0, 0.1) is 17.1 Å². The average Bonchev–Trinajstić information content (AvgIpc) is 2.53. The second-order valence-corrected chi connectivity index (χ2v) is 5.61. The van der Waals surface area contributed by atoms with Crippen molar-refractivity contribution in [3.63, 3.8) is 0 Å². The number of benzene rings is 2. The van der Waals surface area contributed by atoms with Gasteiger partial charge in [-0.3, -0.25) is 0 Å². The highest BCUT2D eigenvalue weighted by molar-refractivity contribution is 5.84. The summed E-state index contributed by atoms with van der Waals surface area (Å²) in [6, 6.07) is 16.1. The molecule has 0 aliphatic rings. The van der Waals surface area contributed by atoms with Gasteiger partial charge in [-0.25, -0.2) is 9.37 Å². The van der Waals surface area contributed by atoms with E-state index in [1.807, 2.05) is 12.1 Å². The molecule has 0 aliphatic heterocycles. The standard InChI is InChI=1S/C19H15FN2/c1-12(2)17-10-15-9-13(11-21)3-8-18(15)22-19(17)14-4-6-16(20)7-5-14/h3-10,12H,1-2H3. The van der Waals surface area contributed by atoms with Crippen LogP contribution in [-0.4, -0.2) is 4.98 Å². The minimum Gasteiger partial charge on any atom is -0.247 e. The van der Waals surface area contributed by atoms with Gasteiger partial charge in [0.2, 0.25) is 0 Å². The van der Waals surface area contributed by atoms with Crippen molar-refractivity contribution < 1.29 is 4.39 Å². The maximum Gasteiger partial charge on any atom is 0.123 e. The zero-order valence-electron chi connectivity index (χ0n) is 12.5. The van der Waals surface area contributed by atoms with Crippen molar-refractivity contribution in [1.82, 2.24) is 4.98 Å². The van der Waals surface area contributed by atoms with Crippen molar-refractivity contribution in [1.29, 1.82) is 5.26 Å². The van der Waals surface area contributed by atoms with Crippen molar-refractivity contribution in [3.8, 4) is 17.3 Å². The fourth-order valence-electron chi connectivity index (χ4n) is 2.54. The Morgan fingerprint density at radius 2 is 1.77 bits per heavy atom. The van der Waals surface area contributed by atoms with E-state index in [4.69, 9.17) is 10.2 Å². The lowest BCUT2D eigenvalue weighted by Crippen LogP contribution is -1.97. The monoisotopic (exact) mass is 290 g/mol. The van der Waals surface area contributed by atoms with Gasteiger partial charge in [-0.05, 0) is 60.0 Å². The van der Waals surface area contributed by atoms with Crippen LogP contribution in [0.2, 0.25) is 0 Å². The lowest BCUT2D eigenvalue weighted by molar-refractivity contribution is 0.628. The lowest BCUT2D eigenvalue weighted by atomic mass is 9.95. The minimum atomic E-state index is -0.255. The topological polar surface area (TPSA) is 36.7 Å². The first-order valence-corrected chi connectivity index (χ1v) is 7.19. The van der Waals surface area contributed by atoms with E-state index in [2.05, 4.69) is 26.0 Å². The molecule has 3 aromatic rings. The number of halogens is 1. The zero-order chi connectivity index (χ0) is 15.7. The molecule has 2 nitrogen and oxygen atoms in total. The van der Waals surface area contributed by atoms with Crippen LogP contribution in [0.15, 0.2) is 48.5 Å². The van der Waals surface area contributed by atoms with E-state index in [1.165, 1.54) is 12.1 Å². The summed E-state index contributed by atoms with van der Waals surface area (Å²) in [6.45, 7) is 4.20. The number of pyridine rings is 1. The van der Waals surface area contributed by atoms with E-state index in [1.54, 1.807) is 18.2 Å². The van der Waals surface area contributed by atoms with Gasteiger partial charge in [0.1, 0.15) is 5.82 Å². The zero-order valence-corrected chi connectivity index (χ0v) is 12.5. The van der Waals surface area contributed by atoms with Gasteiger partial charge in [0.25, 0.3) is 0 Å². The van der Waals surface area contributed by atoms with E-state index >= 15 is 0 Å². The van der Waals surface area contributed by atoms with Crippen molar-refractivity contribution >= 4 is 10.9 Å². The minimum absolute atomic E-state index is 0.255. The Labute approximate surface area is 128 Å². The highest BCUT2D eigenvalue weighted by atomic mass is 19.1. The Balaban J connectivity index is 2.26. The molecule has 108 valence electrons. The number of hydrogen-bond donors (Lipinski definition) is 0. The Hall–Kier alpha value is -2.73. The quantitative estimate of drug-likeness (QED) is 0.663. The largest absolute Gasteiger partial charge is 0.247 e. The molecule has 22 heavy (non-hydrogen) atoms. The van der Waals surface area contributed by atoms with Crippen LogP contribution in [0.25, 0.3) is 22.2 Å². The third kappa shape index (κ3) is 2.56. The van der Waals surface area contributed by atoms with Crippen LogP contribution in [0.5, 0.6) is 0 Å². The first-order chi connectivity index (χ1) is 10.6. The van der Waals surface area contributed by atoms with Crippen molar-refractivity contribution in [2.75, 3.05) is 0 Å². The Morgan fingerprint density at radius 1 is 1.05 bits per heavy atom. The van der Waals surface area contributed by atoms with Crippen LogP contribution in [-0.2, 0) is 0 Å². The summed E-state index contributed by atoms with van der Waals surface area (Å²) < 4.78 is 13.1. The number of nitriles is 1. The van der Waals surface area contributed by atoms with E-state index in [0.29, 0.717) is 5.56 Å². The van der Waals surface area contributed by atoms with Gasteiger partial charge < -0.3 is 0 Å². The predicted molar refractivity (Wildman–Crippen MR) is 85.9 cm³/mol. The van der Waals surface area contributed by atoms with Crippen LogP contribution in [0.1, 0.15) is 30.9 Å². The molecular weight excluding hydrogens is 275 g/mol. The van der Waals surface area contributed by atoms with Crippen LogP contribution < -0.4 is 0 Å². The van der Waals surface area contributed by atoms with Crippen molar-refractivity contribution in [2.45, 2.75) is 19.8 Å². The molecule has 0 atom stereocenters. The molecule has 1 aromatic heterocycles. The summed E-state index contributed by atoms with van der Waals surface area (Å²) in [5.74, 6) is 0.0250. The molecule has 1 heterocycles. The van der Waals surface area contributed by atoms with Gasteiger partial charge >= 0.3 is 0 Å². The molecule has 0 N–H and O–H groups in total. The molecule has 0 bridgehead atoms. The van der Waals surface area contributed by atoms with Crippen LogP contribution in [0.4, 0.5) is 4.39 Å². The Bertz CT molecular complexity index is 874. The predicted octanol–water partition coefficient (Wildman–Crippen LogP) is 5.04. The van der Waals surface area contributed by atoms with Gasteiger partial charge in [-0.2, -0.15) is 5.26 Å². The van der Waals surface area contributed by atoms with E-state index in [9.17, 15) is 4.39 Å². The van der Waals surface area contributed by atoms with Gasteiger partial charge in [0.15, 0.2) is 0 Å². The smallest absolute Gasteiger partial charge is 0.123 e. The SMILES string of the molecule is CC(C)c1cc2cc(C#N)ccc2nc1-c1ccc(F)cc1. The van der Waals surface area contributed by atoms with Crippen LogP contribution >= 0.6 is 0 Å². The van der Waals surface area contributed by atoms with Gasteiger partial charge in [-0.1, -0.05) is 13.8 Å². The molecule has 0 saturated heterocycles.